The molecule has 2 N–H and O–H groups in total. The minimum Gasteiger partial charge on any atom is -0.324 e. The zero-order chi connectivity index (χ0) is 7.65. The zero-order valence-corrected chi connectivity index (χ0v) is 7.59. The highest BCUT2D eigenvalue weighted by Crippen LogP contribution is 2.24. The molecule has 0 aliphatic rings. The Hall–Kier alpha value is 0.130. The normalized spacial score (nSPS) is 15.2. The second-order valence-corrected chi connectivity index (χ2v) is 4.16. The Bertz CT molecular complexity index is 113. The van der Waals surface area contributed by atoms with Crippen molar-refractivity contribution in [3.63, 3.8) is 0 Å². The molecule has 0 amide bonds. The van der Waals surface area contributed by atoms with Crippen LogP contribution < -0.4 is 5.73 Å². The fourth-order valence-electron chi connectivity index (χ4n) is 0.556. The summed E-state index contributed by atoms with van der Waals surface area (Å²) in [6.45, 7) is 10.1. The van der Waals surface area contributed by atoms with Gasteiger partial charge in [-0.1, -0.05) is 27.4 Å². The molecule has 54 valence electrons. The van der Waals surface area contributed by atoms with Crippen LogP contribution >= 0.6 is 9.24 Å². The third kappa shape index (κ3) is 2.98. The van der Waals surface area contributed by atoms with Gasteiger partial charge in [-0.05, 0) is 10.7 Å². The van der Waals surface area contributed by atoms with Gasteiger partial charge in [0.15, 0.2) is 0 Å². The molecule has 2 heteroatoms. The molecule has 0 bridgehead atoms. The molecule has 0 aromatic carbocycles. The van der Waals surface area contributed by atoms with Crippen LogP contribution in [0.15, 0.2) is 11.9 Å². The number of hydrogen-bond donors (Lipinski definition) is 1. The van der Waals surface area contributed by atoms with E-state index < -0.39 is 0 Å². The molecule has 0 aliphatic carbocycles. The van der Waals surface area contributed by atoms with Crippen LogP contribution in [0.25, 0.3) is 0 Å². The first-order valence-electron chi connectivity index (χ1n) is 3.05. The van der Waals surface area contributed by atoms with Gasteiger partial charge in [0, 0.05) is 6.04 Å². The van der Waals surface area contributed by atoms with Crippen LogP contribution in [0, 0.1) is 5.41 Å². The molecule has 2 atom stereocenters. The van der Waals surface area contributed by atoms with Gasteiger partial charge in [0.25, 0.3) is 0 Å². The van der Waals surface area contributed by atoms with Crippen molar-refractivity contribution in [3.8, 4) is 0 Å². The molecule has 0 aliphatic heterocycles. The van der Waals surface area contributed by atoms with Gasteiger partial charge < -0.3 is 5.73 Å². The van der Waals surface area contributed by atoms with E-state index >= 15 is 0 Å². The fraction of sp³-hybridized carbons (Fsp3) is 0.714. The summed E-state index contributed by atoms with van der Waals surface area (Å²) in [6, 6.07) is 0.0856. The molecule has 0 fully saturated rings. The molecule has 0 aromatic heterocycles. The standard InChI is InChI=1S/C7H16NP/c1-5(9)6(8)7(2,3)4/h6H,1,8-9H2,2-4H3. The van der Waals surface area contributed by atoms with Crippen LogP contribution in [-0.2, 0) is 0 Å². The van der Waals surface area contributed by atoms with E-state index in [1.54, 1.807) is 0 Å². The highest BCUT2D eigenvalue weighted by molar-refractivity contribution is 7.22. The van der Waals surface area contributed by atoms with E-state index in [0.29, 0.717) is 0 Å². The Morgan fingerprint density at radius 3 is 1.89 bits per heavy atom. The number of hydrogen-bond acceptors (Lipinski definition) is 1. The van der Waals surface area contributed by atoms with Crippen molar-refractivity contribution in [2.45, 2.75) is 26.8 Å². The molecule has 0 aromatic rings. The largest absolute Gasteiger partial charge is 0.324 e. The third-order valence-electron chi connectivity index (χ3n) is 1.33. The molecule has 0 rings (SSSR count). The van der Waals surface area contributed by atoms with E-state index in [9.17, 15) is 0 Å². The molecule has 0 heterocycles. The summed E-state index contributed by atoms with van der Waals surface area (Å²) in [5.41, 5.74) is 5.91. The third-order valence-corrected chi connectivity index (χ3v) is 1.69. The van der Waals surface area contributed by atoms with Gasteiger partial charge >= 0.3 is 0 Å². The topological polar surface area (TPSA) is 26.0 Å². The Morgan fingerprint density at radius 1 is 1.56 bits per heavy atom. The van der Waals surface area contributed by atoms with Crippen molar-refractivity contribution in [1.82, 2.24) is 0 Å². The minimum absolute atomic E-state index is 0.0856. The van der Waals surface area contributed by atoms with Crippen molar-refractivity contribution in [1.29, 1.82) is 0 Å². The quantitative estimate of drug-likeness (QED) is 0.559. The Labute approximate surface area is 59.9 Å². The maximum Gasteiger partial charge on any atom is 0.0337 e. The predicted molar refractivity (Wildman–Crippen MR) is 46.3 cm³/mol. The Balaban J connectivity index is 4.04. The van der Waals surface area contributed by atoms with E-state index in [1.165, 1.54) is 0 Å². The summed E-state index contributed by atoms with van der Waals surface area (Å²) in [5.74, 6) is 0. The lowest BCUT2D eigenvalue weighted by Gasteiger charge is -2.26. The molecule has 0 saturated carbocycles. The first-order chi connectivity index (χ1) is 3.85. The highest BCUT2D eigenvalue weighted by Gasteiger charge is 2.20. The smallest absolute Gasteiger partial charge is 0.0337 e. The average Bonchev–Trinajstić information content (AvgIpc) is 1.62. The van der Waals surface area contributed by atoms with E-state index in [-0.39, 0.29) is 11.5 Å². The molecular weight excluding hydrogens is 129 g/mol. The molecule has 9 heavy (non-hydrogen) atoms. The minimum atomic E-state index is 0.0856. The average molecular weight is 145 g/mol. The molecular formula is C7H16NP. The summed E-state index contributed by atoms with van der Waals surface area (Å²) >= 11 is 0. The second kappa shape index (κ2) is 2.81. The van der Waals surface area contributed by atoms with Crippen LogP contribution in [0.5, 0.6) is 0 Å². The van der Waals surface area contributed by atoms with Gasteiger partial charge in [-0.3, -0.25) is 0 Å². The molecule has 0 radical (unpaired) electrons. The van der Waals surface area contributed by atoms with E-state index in [1.807, 2.05) is 0 Å². The van der Waals surface area contributed by atoms with Crippen molar-refractivity contribution in [3.05, 3.63) is 11.9 Å². The van der Waals surface area contributed by atoms with Crippen LogP contribution in [0.1, 0.15) is 20.8 Å². The Kier molecular flexibility index (Phi) is 2.85. The van der Waals surface area contributed by atoms with Gasteiger partial charge in [-0.2, -0.15) is 0 Å². The van der Waals surface area contributed by atoms with Crippen LogP contribution in [0.4, 0.5) is 0 Å². The van der Waals surface area contributed by atoms with Gasteiger partial charge in [0.05, 0.1) is 0 Å². The summed E-state index contributed by atoms with van der Waals surface area (Å²) in [6.07, 6.45) is 0. The zero-order valence-electron chi connectivity index (χ0n) is 6.44. The maximum atomic E-state index is 5.77. The fourth-order valence-corrected chi connectivity index (χ4v) is 1.06. The van der Waals surface area contributed by atoms with Crippen LogP contribution in [0.2, 0.25) is 0 Å². The SMILES string of the molecule is C=C(P)C(N)C(C)(C)C. The van der Waals surface area contributed by atoms with Crippen molar-refractivity contribution < 1.29 is 0 Å². The van der Waals surface area contributed by atoms with Crippen molar-refractivity contribution >= 4 is 9.24 Å². The summed E-state index contributed by atoms with van der Waals surface area (Å²) in [5, 5.41) is 0.975. The van der Waals surface area contributed by atoms with Gasteiger partial charge in [-0.25, -0.2) is 0 Å². The first kappa shape index (κ1) is 9.13. The highest BCUT2D eigenvalue weighted by atomic mass is 31.0. The van der Waals surface area contributed by atoms with Crippen LogP contribution in [-0.4, -0.2) is 6.04 Å². The molecule has 2 unspecified atom stereocenters. The van der Waals surface area contributed by atoms with Gasteiger partial charge in [0.2, 0.25) is 0 Å². The predicted octanol–water partition coefficient (Wildman–Crippen LogP) is 1.75. The lowest BCUT2D eigenvalue weighted by Crippen LogP contribution is -2.34. The van der Waals surface area contributed by atoms with Crippen molar-refractivity contribution in [2.24, 2.45) is 11.1 Å². The molecule has 0 spiro atoms. The van der Waals surface area contributed by atoms with E-state index in [4.69, 9.17) is 5.73 Å². The van der Waals surface area contributed by atoms with Gasteiger partial charge in [-0.15, -0.1) is 9.24 Å². The monoisotopic (exact) mass is 145 g/mol. The molecule has 0 saturated heterocycles. The number of rotatable bonds is 1. The first-order valence-corrected chi connectivity index (χ1v) is 3.63. The Morgan fingerprint density at radius 2 is 1.89 bits per heavy atom. The van der Waals surface area contributed by atoms with E-state index in [0.717, 1.165) is 5.31 Å². The van der Waals surface area contributed by atoms with Crippen LogP contribution in [0.3, 0.4) is 0 Å². The second-order valence-electron chi connectivity index (χ2n) is 3.42. The lowest BCUT2D eigenvalue weighted by atomic mass is 9.87. The maximum absolute atomic E-state index is 5.77. The molecule has 1 nitrogen and oxygen atoms in total. The van der Waals surface area contributed by atoms with Gasteiger partial charge in [0.1, 0.15) is 0 Å². The summed E-state index contributed by atoms with van der Waals surface area (Å²) in [4.78, 5) is 0. The van der Waals surface area contributed by atoms with Crippen molar-refractivity contribution in [2.75, 3.05) is 0 Å². The van der Waals surface area contributed by atoms with E-state index in [2.05, 4.69) is 36.6 Å². The lowest BCUT2D eigenvalue weighted by molar-refractivity contribution is 0.363. The summed E-state index contributed by atoms with van der Waals surface area (Å²) < 4.78 is 0. The number of nitrogens with two attached hydrogens (primary N) is 1. The summed E-state index contributed by atoms with van der Waals surface area (Å²) in [7, 11) is 2.54.